The molecule has 1 saturated heterocycles. The van der Waals surface area contributed by atoms with Crippen molar-refractivity contribution < 1.29 is 4.79 Å². The number of fused-ring (bicyclic) bond motifs is 1. The Labute approximate surface area is 184 Å². The lowest BCUT2D eigenvalue weighted by atomic mass is 10.0. The SMILES string of the molecule is CN(C(=O)c1cc(C2CC2)nc2ccccc12)C1CCN(CCc2ccccn2)CC1. The first-order chi connectivity index (χ1) is 15.2. The van der Waals surface area contributed by atoms with Crippen LogP contribution in [-0.2, 0) is 6.42 Å². The van der Waals surface area contributed by atoms with Crippen molar-refractivity contribution in [3.8, 4) is 0 Å². The molecule has 2 aliphatic rings. The molecule has 5 rings (SSSR count). The van der Waals surface area contributed by atoms with Crippen molar-refractivity contribution >= 4 is 16.8 Å². The van der Waals surface area contributed by atoms with E-state index < -0.39 is 0 Å². The molecule has 1 aliphatic carbocycles. The van der Waals surface area contributed by atoms with Crippen LogP contribution in [0.15, 0.2) is 54.7 Å². The third kappa shape index (κ3) is 4.47. The van der Waals surface area contributed by atoms with E-state index in [0.717, 1.165) is 66.8 Å². The smallest absolute Gasteiger partial charge is 0.254 e. The van der Waals surface area contributed by atoms with Gasteiger partial charge in [0.25, 0.3) is 5.91 Å². The fraction of sp³-hybridized carbons (Fsp3) is 0.423. The molecule has 0 atom stereocenters. The lowest BCUT2D eigenvalue weighted by Crippen LogP contribution is -2.46. The van der Waals surface area contributed by atoms with E-state index in [1.807, 2.05) is 54.5 Å². The zero-order valence-electron chi connectivity index (χ0n) is 18.2. The number of carbonyl (C=O) groups excluding carboxylic acids is 1. The van der Waals surface area contributed by atoms with Gasteiger partial charge in [0.1, 0.15) is 0 Å². The number of para-hydroxylation sites is 1. The highest BCUT2D eigenvalue weighted by Crippen LogP contribution is 2.40. The Morgan fingerprint density at radius 3 is 2.58 bits per heavy atom. The van der Waals surface area contributed by atoms with E-state index in [1.54, 1.807) is 0 Å². The Morgan fingerprint density at radius 2 is 1.84 bits per heavy atom. The third-order valence-corrected chi connectivity index (χ3v) is 6.80. The maximum absolute atomic E-state index is 13.5. The molecule has 31 heavy (non-hydrogen) atoms. The van der Waals surface area contributed by atoms with Crippen molar-refractivity contribution in [3.63, 3.8) is 0 Å². The summed E-state index contributed by atoms with van der Waals surface area (Å²) in [5, 5.41) is 0.969. The Morgan fingerprint density at radius 1 is 1.06 bits per heavy atom. The van der Waals surface area contributed by atoms with Crippen molar-refractivity contribution in [3.05, 3.63) is 71.7 Å². The highest BCUT2D eigenvalue weighted by atomic mass is 16.2. The molecule has 1 saturated carbocycles. The standard InChI is InChI=1S/C26H30N4O/c1-29(21-12-16-30(17-13-21)15-11-20-6-4-5-14-27-20)26(31)23-18-25(19-9-10-19)28-24-8-3-2-7-22(23)24/h2-8,14,18-19,21H,9-13,15-17H2,1H3. The average Bonchev–Trinajstić information content (AvgIpc) is 3.68. The molecule has 3 heterocycles. The summed E-state index contributed by atoms with van der Waals surface area (Å²) in [7, 11) is 1.97. The summed E-state index contributed by atoms with van der Waals surface area (Å²) in [4.78, 5) is 27.3. The molecule has 5 heteroatoms. The largest absolute Gasteiger partial charge is 0.339 e. The second-order valence-corrected chi connectivity index (χ2v) is 8.95. The topological polar surface area (TPSA) is 49.3 Å². The lowest BCUT2D eigenvalue weighted by molar-refractivity contribution is 0.0645. The van der Waals surface area contributed by atoms with Crippen molar-refractivity contribution in [1.29, 1.82) is 0 Å². The van der Waals surface area contributed by atoms with Crippen molar-refractivity contribution in [2.45, 2.75) is 44.1 Å². The monoisotopic (exact) mass is 414 g/mol. The lowest BCUT2D eigenvalue weighted by Gasteiger charge is -2.37. The molecule has 1 amide bonds. The Kier molecular flexibility index (Phi) is 5.68. The minimum atomic E-state index is 0.132. The van der Waals surface area contributed by atoms with Gasteiger partial charge in [-0.05, 0) is 49.9 Å². The van der Waals surface area contributed by atoms with Crippen LogP contribution in [0.1, 0.15) is 53.3 Å². The number of carbonyl (C=O) groups is 1. The molecule has 2 aromatic heterocycles. The summed E-state index contributed by atoms with van der Waals surface area (Å²) in [6, 6.07) is 16.5. The summed E-state index contributed by atoms with van der Waals surface area (Å²) in [5.74, 6) is 0.663. The highest BCUT2D eigenvalue weighted by molar-refractivity contribution is 6.06. The van der Waals surface area contributed by atoms with E-state index in [-0.39, 0.29) is 11.9 Å². The zero-order valence-corrected chi connectivity index (χ0v) is 18.2. The molecule has 0 bridgehead atoms. The van der Waals surface area contributed by atoms with E-state index in [1.165, 1.54) is 12.8 Å². The maximum Gasteiger partial charge on any atom is 0.254 e. The van der Waals surface area contributed by atoms with Crippen LogP contribution in [0.2, 0.25) is 0 Å². The average molecular weight is 415 g/mol. The fourth-order valence-electron chi connectivity index (χ4n) is 4.67. The number of aromatic nitrogens is 2. The van der Waals surface area contributed by atoms with Crippen LogP contribution in [0, 0.1) is 0 Å². The van der Waals surface area contributed by atoms with Crippen molar-refractivity contribution in [1.82, 2.24) is 19.8 Å². The van der Waals surface area contributed by atoms with E-state index in [0.29, 0.717) is 5.92 Å². The summed E-state index contributed by atoms with van der Waals surface area (Å²) >= 11 is 0. The number of likely N-dealkylation sites (tertiary alicyclic amines) is 1. The maximum atomic E-state index is 13.5. The van der Waals surface area contributed by atoms with Gasteiger partial charge < -0.3 is 9.80 Å². The molecular weight excluding hydrogens is 384 g/mol. The molecule has 5 nitrogen and oxygen atoms in total. The number of piperidine rings is 1. The van der Waals surface area contributed by atoms with Crippen molar-refractivity contribution in [2.75, 3.05) is 26.7 Å². The van der Waals surface area contributed by atoms with Crippen LogP contribution in [-0.4, -0.2) is 58.4 Å². The molecule has 160 valence electrons. The van der Waals surface area contributed by atoms with Gasteiger partial charge in [0, 0.05) is 68.0 Å². The molecule has 1 aliphatic heterocycles. The van der Waals surface area contributed by atoms with Gasteiger partial charge in [-0.3, -0.25) is 14.8 Å². The second kappa shape index (κ2) is 8.75. The van der Waals surface area contributed by atoms with Gasteiger partial charge >= 0.3 is 0 Å². The van der Waals surface area contributed by atoms with Crippen LogP contribution < -0.4 is 0 Å². The van der Waals surface area contributed by atoms with Gasteiger partial charge in [-0.2, -0.15) is 0 Å². The summed E-state index contributed by atoms with van der Waals surface area (Å²) in [6.45, 7) is 3.08. The van der Waals surface area contributed by atoms with E-state index >= 15 is 0 Å². The van der Waals surface area contributed by atoms with Crippen LogP contribution in [0.4, 0.5) is 0 Å². The Bertz CT molecular complexity index is 1060. The van der Waals surface area contributed by atoms with Crippen LogP contribution in [0.25, 0.3) is 10.9 Å². The molecule has 0 spiro atoms. The van der Waals surface area contributed by atoms with Gasteiger partial charge in [-0.15, -0.1) is 0 Å². The predicted octanol–water partition coefficient (Wildman–Crippen LogP) is 4.29. The first kappa shape index (κ1) is 20.1. The van der Waals surface area contributed by atoms with Crippen LogP contribution in [0.3, 0.4) is 0 Å². The van der Waals surface area contributed by atoms with Crippen LogP contribution >= 0.6 is 0 Å². The van der Waals surface area contributed by atoms with E-state index in [2.05, 4.69) is 22.0 Å². The van der Waals surface area contributed by atoms with Crippen LogP contribution in [0.5, 0.6) is 0 Å². The normalized spacial score (nSPS) is 17.7. The molecular formula is C26H30N4O. The summed E-state index contributed by atoms with van der Waals surface area (Å²) in [5.41, 5.74) is 3.98. The fourth-order valence-corrected chi connectivity index (χ4v) is 4.67. The molecule has 0 N–H and O–H groups in total. The van der Waals surface area contributed by atoms with Gasteiger partial charge in [0.05, 0.1) is 11.1 Å². The highest BCUT2D eigenvalue weighted by Gasteiger charge is 2.30. The second-order valence-electron chi connectivity index (χ2n) is 8.95. The van der Waals surface area contributed by atoms with Gasteiger partial charge in [-0.1, -0.05) is 24.3 Å². The first-order valence-electron chi connectivity index (χ1n) is 11.5. The zero-order chi connectivity index (χ0) is 21.2. The minimum absolute atomic E-state index is 0.132. The quantitative estimate of drug-likeness (QED) is 0.604. The molecule has 0 unspecified atom stereocenters. The predicted molar refractivity (Wildman–Crippen MR) is 123 cm³/mol. The number of benzene rings is 1. The van der Waals surface area contributed by atoms with Gasteiger partial charge in [-0.25, -0.2) is 0 Å². The van der Waals surface area contributed by atoms with E-state index in [9.17, 15) is 4.79 Å². The number of rotatable bonds is 6. The van der Waals surface area contributed by atoms with Gasteiger partial charge in [0.15, 0.2) is 0 Å². The summed E-state index contributed by atoms with van der Waals surface area (Å²) in [6.07, 6.45) is 7.25. The Hall–Kier alpha value is -2.79. The third-order valence-electron chi connectivity index (χ3n) is 6.80. The number of hydrogen-bond donors (Lipinski definition) is 0. The number of nitrogens with zero attached hydrogens (tertiary/aromatic N) is 4. The number of hydrogen-bond acceptors (Lipinski definition) is 4. The number of pyridine rings is 2. The van der Waals surface area contributed by atoms with Crippen molar-refractivity contribution in [2.24, 2.45) is 0 Å². The molecule has 3 aromatic rings. The molecule has 0 radical (unpaired) electrons. The Balaban J connectivity index is 1.25. The molecule has 2 fully saturated rings. The van der Waals surface area contributed by atoms with E-state index in [4.69, 9.17) is 4.98 Å². The molecule has 1 aromatic carbocycles. The number of amides is 1. The van der Waals surface area contributed by atoms with Gasteiger partial charge in [0.2, 0.25) is 0 Å². The minimum Gasteiger partial charge on any atom is -0.339 e. The first-order valence-corrected chi connectivity index (χ1v) is 11.5. The summed E-state index contributed by atoms with van der Waals surface area (Å²) < 4.78 is 0.